The Labute approximate surface area is 232 Å². The van der Waals surface area contributed by atoms with Gasteiger partial charge in [0.25, 0.3) is 5.91 Å². The predicted octanol–water partition coefficient (Wildman–Crippen LogP) is 4.81. The second-order valence-electron chi connectivity index (χ2n) is 9.89. The SMILES string of the molecule is CCn1cc2ncc(N[C@@H](C)c3cc(NC(=O)c4ccc(CN5CCN(C)CC5)c(Cl)c4)ccc3F)nc2n1. The predicted molar refractivity (Wildman–Crippen MR) is 152 cm³/mol. The van der Waals surface area contributed by atoms with Crippen molar-refractivity contribution in [3.63, 3.8) is 0 Å². The molecular formula is C28H32ClFN8O. The van der Waals surface area contributed by atoms with Crippen molar-refractivity contribution in [3.05, 3.63) is 76.3 Å². The van der Waals surface area contributed by atoms with Gasteiger partial charge in [-0.3, -0.25) is 14.4 Å². The number of carbonyl (C=O) groups excluding carboxylic acids is 1. The largest absolute Gasteiger partial charge is 0.362 e. The first-order chi connectivity index (χ1) is 18.8. The van der Waals surface area contributed by atoms with E-state index in [-0.39, 0.29) is 5.91 Å². The molecule has 1 aliphatic heterocycles. The molecule has 9 nitrogen and oxygen atoms in total. The lowest BCUT2D eigenvalue weighted by molar-refractivity contribution is 0.102. The summed E-state index contributed by atoms with van der Waals surface area (Å²) in [7, 11) is 2.12. The number of halogens is 2. The molecule has 0 radical (unpaired) electrons. The van der Waals surface area contributed by atoms with Crippen molar-refractivity contribution in [3.8, 4) is 0 Å². The van der Waals surface area contributed by atoms with Gasteiger partial charge in [0.2, 0.25) is 5.65 Å². The summed E-state index contributed by atoms with van der Waals surface area (Å²) in [5.41, 5.74) is 3.50. The van der Waals surface area contributed by atoms with Crippen LogP contribution in [-0.4, -0.2) is 68.7 Å². The summed E-state index contributed by atoms with van der Waals surface area (Å²) in [6.45, 7) is 9.30. The van der Waals surface area contributed by atoms with Crippen LogP contribution < -0.4 is 10.6 Å². The first-order valence-corrected chi connectivity index (χ1v) is 13.4. The second kappa shape index (κ2) is 11.6. The van der Waals surface area contributed by atoms with Crippen molar-refractivity contribution in [2.24, 2.45) is 0 Å². The van der Waals surface area contributed by atoms with E-state index >= 15 is 0 Å². The summed E-state index contributed by atoms with van der Waals surface area (Å²) < 4.78 is 16.5. The van der Waals surface area contributed by atoms with Crippen LogP contribution in [0.25, 0.3) is 11.2 Å². The number of nitrogens with zero attached hydrogens (tertiary/aromatic N) is 6. The van der Waals surface area contributed by atoms with Gasteiger partial charge in [0, 0.05) is 61.1 Å². The Bertz CT molecular complexity index is 1480. The molecule has 204 valence electrons. The molecule has 2 aromatic heterocycles. The Morgan fingerprint density at radius 2 is 1.95 bits per heavy atom. The van der Waals surface area contributed by atoms with Gasteiger partial charge in [-0.2, -0.15) is 5.10 Å². The van der Waals surface area contributed by atoms with E-state index in [4.69, 9.17) is 11.6 Å². The van der Waals surface area contributed by atoms with Crippen molar-refractivity contribution in [2.45, 2.75) is 33.0 Å². The molecule has 4 aromatic rings. The van der Waals surface area contributed by atoms with Crippen LogP contribution in [0, 0.1) is 5.82 Å². The van der Waals surface area contributed by atoms with Crippen LogP contribution in [-0.2, 0) is 13.1 Å². The zero-order valence-corrected chi connectivity index (χ0v) is 23.0. The topological polar surface area (TPSA) is 91.2 Å². The molecule has 1 fully saturated rings. The summed E-state index contributed by atoms with van der Waals surface area (Å²) in [6.07, 6.45) is 3.43. The monoisotopic (exact) mass is 550 g/mol. The maximum atomic E-state index is 14.8. The number of likely N-dealkylation sites (N-methyl/N-ethyl adjacent to an activating group) is 1. The zero-order chi connectivity index (χ0) is 27.5. The van der Waals surface area contributed by atoms with E-state index in [1.807, 2.05) is 26.1 Å². The summed E-state index contributed by atoms with van der Waals surface area (Å²) >= 11 is 6.54. The Balaban J connectivity index is 1.25. The van der Waals surface area contributed by atoms with Gasteiger partial charge in [-0.25, -0.2) is 14.4 Å². The average Bonchev–Trinajstić information content (AvgIpc) is 3.34. The van der Waals surface area contributed by atoms with E-state index in [1.54, 1.807) is 29.1 Å². The molecule has 39 heavy (non-hydrogen) atoms. The van der Waals surface area contributed by atoms with Crippen LogP contribution in [0.3, 0.4) is 0 Å². The molecule has 1 amide bonds. The van der Waals surface area contributed by atoms with Gasteiger partial charge in [-0.05, 0) is 56.8 Å². The van der Waals surface area contributed by atoms with Gasteiger partial charge in [0.05, 0.1) is 18.4 Å². The quantitative estimate of drug-likeness (QED) is 0.325. The number of rotatable bonds is 8. The molecule has 0 bridgehead atoms. The summed E-state index contributed by atoms with van der Waals surface area (Å²) in [5, 5.41) is 11.0. The highest BCUT2D eigenvalue weighted by atomic mass is 35.5. The van der Waals surface area contributed by atoms with Gasteiger partial charge < -0.3 is 15.5 Å². The molecule has 0 saturated carbocycles. The maximum Gasteiger partial charge on any atom is 0.255 e. The number of hydrogen-bond donors (Lipinski definition) is 2. The second-order valence-corrected chi connectivity index (χ2v) is 10.3. The number of hydrogen-bond acceptors (Lipinski definition) is 7. The van der Waals surface area contributed by atoms with E-state index < -0.39 is 11.9 Å². The average molecular weight is 551 g/mol. The fraction of sp³-hybridized carbons (Fsp3) is 0.357. The summed E-state index contributed by atoms with van der Waals surface area (Å²) in [6, 6.07) is 9.42. The number of aromatic nitrogens is 4. The number of amides is 1. The molecule has 2 N–H and O–H groups in total. The highest BCUT2D eigenvalue weighted by Gasteiger charge is 2.18. The van der Waals surface area contributed by atoms with Gasteiger partial charge in [-0.15, -0.1) is 0 Å². The van der Waals surface area contributed by atoms with Crippen molar-refractivity contribution in [1.29, 1.82) is 0 Å². The molecular weight excluding hydrogens is 519 g/mol. The third-order valence-corrected chi connectivity index (χ3v) is 7.34. The highest BCUT2D eigenvalue weighted by molar-refractivity contribution is 6.31. The Hall–Kier alpha value is -3.60. The van der Waals surface area contributed by atoms with Gasteiger partial charge >= 0.3 is 0 Å². The first-order valence-electron chi connectivity index (χ1n) is 13.1. The number of piperazine rings is 1. The van der Waals surface area contributed by atoms with Crippen LogP contribution >= 0.6 is 11.6 Å². The van der Waals surface area contributed by atoms with Gasteiger partial charge in [0.15, 0.2) is 0 Å². The Kier molecular flexibility index (Phi) is 8.06. The van der Waals surface area contributed by atoms with E-state index in [1.165, 1.54) is 12.1 Å². The number of fused-ring (bicyclic) bond motifs is 1. The number of nitrogens with one attached hydrogen (secondary N) is 2. The van der Waals surface area contributed by atoms with E-state index in [0.29, 0.717) is 45.4 Å². The van der Waals surface area contributed by atoms with Crippen molar-refractivity contribution in [2.75, 3.05) is 43.9 Å². The highest BCUT2D eigenvalue weighted by Crippen LogP contribution is 2.26. The van der Waals surface area contributed by atoms with Crippen LogP contribution in [0.4, 0.5) is 15.9 Å². The summed E-state index contributed by atoms with van der Waals surface area (Å²) in [4.78, 5) is 26.5. The minimum Gasteiger partial charge on any atom is -0.362 e. The Morgan fingerprint density at radius 3 is 2.69 bits per heavy atom. The normalized spacial score (nSPS) is 15.4. The molecule has 0 unspecified atom stereocenters. The standard InChI is InChI=1S/C28H32ClFN8O/c1-4-38-17-25-27(35-38)34-26(15-31-25)32-18(2)22-14-21(7-8-24(22)30)33-28(39)19-5-6-20(23(29)13-19)16-37-11-9-36(3)10-12-37/h5-8,13-15,17-18H,4,9-12,16H2,1-3H3,(H,33,39)(H,32,34,35)/t18-/m0/s1. The smallest absolute Gasteiger partial charge is 0.255 e. The molecule has 11 heteroatoms. The van der Waals surface area contributed by atoms with Crippen molar-refractivity contribution < 1.29 is 9.18 Å². The van der Waals surface area contributed by atoms with Crippen LogP contribution in [0.15, 0.2) is 48.8 Å². The summed E-state index contributed by atoms with van der Waals surface area (Å²) in [5.74, 6) is -0.228. The van der Waals surface area contributed by atoms with E-state index in [9.17, 15) is 9.18 Å². The molecule has 2 aromatic carbocycles. The minimum atomic E-state index is -0.440. The molecule has 1 atom stereocenters. The van der Waals surface area contributed by atoms with E-state index in [2.05, 4.69) is 42.5 Å². The van der Waals surface area contributed by atoms with Crippen LogP contribution in [0.2, 0.25) is 5.02 Å². The number of aryl methyl sites for hydroxylation is 1. The Morgan fingerprint density at radius 1 is 1.15 bits per heavy atom. The lowest BCUT2D eigenvalue weighted by Gasteiger charge is -2.32. The zero-order valence-electron chi connectivity index (χ0n) is 22.3. The van der Waals surface area contributed by atoms with Crippen molar-refractivity contribution in [1.82, 2.24) is 29.5 Å². The third kappa shape index (κ3) is 6.35. The lowest BCUT2D eigenvalue weighted by atomic mass is 10.1. The van der Waals surface area contributed by atoms with Crippen molar-refractivity contribution >= 4 is 40.2 Å². The number of benzene rings is 2. The minimum absolute atomic E-state index is 0.316. The first kappa shape index (κ1) is 27.0. The number of carbonyl (C=O) groups is 1. The van der Waals surface area contributed by atoms with Gasteiger partial charge in [0.1, 0.15) is 17.2 Å². The fourth-order valence-corrected chi connectivity index (χ4v) is 4.84. The molecule has 1 aliphatic rings. The third-order valence-electron chi connectivity index (χ3n) is 6.99. The molecule has 0 spiro atoms. The molecule has 1 saturated heterocycles. The number of anilines is 2. The lowest BCUT2D eigenvalue weighted by Crippen LogP contribution is -2.43. The molecule has 5 rings (SSSR count). The van der Waals surface area contributed by atoms with E-state index in [0.717, 1.165) is 38.3 Å². The van der Waals surface area contributed by atoms with Gasteiger partial charge in [-0.1, -0.05) is 17.7 Å². The van der Waals surface area contributed by atoms with Crippen LogP contribution in [0.1, 0.15) is 41.4 Å². The van der Waals surface area contributed by atoms with Crippen LogP contribution in [0.5, 0.6) is 0 Å². The fourth-order valence-electron chi connectivity index (χ4n) is 4.60. The molecule has 3 heterocycles. The maximum absolute atomic E-state index is 14.8. The molecule has 0 aliphatic carbocycles.